The van der Waals surface area contributed by atoms with Crippen LogP contribution in [-0.4, -0.2) is 47.9 Å². The minimum atomic E-state index is -0.914. The molecule has 0 bridgehead atoms. The van der Waals surface area contributed by atoms with Gasteiger partial charge in [-0.2, -0.15) is 0 Å². The minimum Gasteiger partial charge on any atom is -0.493 e. The Bertz CT molecular complexity index is 855. The van der Waals surface area contributed by atoms with E-state index in [4.69, 9.17) is 14.2 Å². The number of thioether (sulfide) groups is 1. The summed E-state index contributed by atoms with van der Waals surface area (Å²) >= 11 is 1.17. The number of aryl methyl sites for hydroxylation is 2. The molecule has 1 atom stereocenters. The highest BCUT2D eigenvalue weighted by atomic mass is 32.2. The Kier molecular flexibility index (Phi) is 8.26. The Morgan fingerprint density at radius 3 is 2.34 bits per heavy atom. The van der Waals surface area contributed by atoms with E-state index in [1.54, 1.807) is 26.4 Å². The zero-order valence-electron chi connectivity index (χ0n) is 17.1. The van der Waals surface area contributed by atoms with Crippen LogP contribution in [0.4, 0.5) is 0 Å². The molecule has 1 aromatic carbocycles. The molecule has 0 unspecified atom stereocenters. The van der Waals surface area contributed by atoms with Crippen molar-refractivity contribution in [3.05, 3.63) is 41.2 Å². The molecular formula is C20H25N3O5S. The van der Waals surface area contributed by atoms with Crippen molar-refractivity contribution >= 4 is 23.6 Å². The number of esters is 1. The quantitative estimate of drug-likeness (QED) is 0.376. The summed E-state index contributed by atoms with van der Waals surface area (Å²) in [5, 5.41) is 3.24. The first-order valence-corrected chi connectivity index (χ1v) is 9.94. The number of amides is 1. The lowest BCUT2D eigenvalue weighted by molar-refractivity contribution is -0.152. The predicted molar refractivity (Wildman–Crippen MR) is 109 cm³/mol. The normalized spacial score (nSPS) is 11.5. The van der Waals surface area contributed by atoms with Crippen molar-refractivity contribution < 1.29 is 23.8 Å². The number of hydrogen-bond acceptors (Lipinski definition) is 8. The van der Waals surface area contributed by atoms with Crippen molar-refractivity contribution in [1.82, 2.24) is 15.3 Å². The highest BCUT2D eigenvalue weighted by Gasteiger charge is 2.18. The first-order chi connectivity index (χ1) is 13.8. The molecule has 1 N–H and O–H groups in total. The molecule has 0 radical (unpaired) electrons. The van der Waals surface area contributed by atoms with Crippen LogP contribution in [-0.2, 0) is 20.9 Å². The van der Waals surface area contributed by atoms with Crippen LogP contribution in [0.5, 0.6) is 11.5 Å². The fraction of sp³-hybridized carbons (Fsp3) is 0.400. The fourth-order valence-corrected chi connectivity index (χ4v) is 3.22. The second-order valence-electron chi connectivity index (χ2n) is 6.26. The smallest absolute Gasteiger partial charge is 0.317 e. The van der Waals surface area contributed by atoms with Gasteiger partial charge in [0, 0.05) is 17.9 Å². The molecule has 0 aliphatic heterocycles. The molecule has 1 aromatic heterocycles. The summed E-state index contributed by atoms with van der Waals surface area (Å²) < 4.78 is 15.6. The van der Waals surface area contributed by atoms with Crippen LogP contribution in [0.1, 0.15) is 23.9 Å². The average molecular weight is 420 g/mol. The van der Waals surface area contributed by atoms with E-state index in [1.165, 1.54) is 18.7 Å². The monoisotopic (exact) mass is 419 g/mol. The van der Waals surface area contributed by atoms with Crippen LogP contribution in [0.2, 0.25) is 0 Å². The van der Waals surface area contributed by atoms with Gasteiger partial charge in [0.05, 0.1) is 20.0 Å². The zero-order chi connectivity index (χ0) is 21.4. The number of methoxy groups -OCH3 is 2. The number of nitrogens with one attached hydrogen (secondary N) is 1. The summed E-state index contributed by atoms with van der Waals surface area (Å²) in [5.41, 5.74) is 2.49. The van der Waals surface area contributed by atoms with Gasteiger partial charge in [-0.1, -0.05) is 17.8 Å². The maximum absolute atomic E-state index is 12.2. The number of carbonyl (C=O) groups is 2. The van der Waals surface area contributed by atoms with Crippen LogP contribution >= 0.6 is 11.8 Å². The molecule has 0 fully saturated rings. The molecule has 9 heteroatoms. The van der Waals surface area contributed by atoms with Gasteiger partial charge < -0.3 is 19.5 Å². The fourth-order valence-electron chi connectivity index (χ4n) is 2.49. The number of hydrogen-bond donors (Lipinski definition) is 1. The molecule has 0 aliphatic carbocycles. The van der Waals surface area contributed by atoms with E-state index in [-0.39, 0.29) is 18.2 Å². The number of nitrogens with zero attached hydrogens (tertiary/aromatic N) is 2. The van der Waals surface area contributed by atoms with Gasteiger partial charge in [0.25, 0.3) is 5.91 Å². The highest BCUT2D eigenvalue weighted by molar-refractivity contribution is 7.99. The van der Waals surface area contributed by atoms with Crippen LogP contribution in [0.25, 0.3) is 0 Å². The Morgan fingerprint density at radius 2 is 1.72 bits per heavy atom. The van der Waals surface area contributed by atoms with E-state index in [0.29, 0.717) is 16.7 Å². The SMILES string of the molecule is COc1ccc(CNC(=O)[C@H](C)OC(=O)CSc2nc(C)cc(C)n2)cc1OC. The van der Waals surface area contributed by atoms with E-state index >= 15 is 0 Å². The van der Waals surface area contributed by atoms with Gasteiger partial charge in [0.15, 0.2) is 22.8 Å². The van der Waals surface area contributed by atoms with Crippen LogP contribution in [0.15, 0.2) is 29.4 Å². The minimum absolute atomic E-state index is 0.0240. The Balaban J connectivity index is 1.81. The van der Waals surface area contributed by atoms with Crippen molar-refractivity contribution in [2.24, 2.45) is 0 Å². The van der Waals surface area contributed by atoms with E-state index < -0.39 is 12.1 Å². The average Bonchev–Trinajstić information content (AvgIpc) is 2.69. The van der Waals surface area contributed by atoms with Gasteiger partial charge in [-0.3, -0.25) is 9.59 Å². The Morgan fingerprint density at radius 1 is 1.07 bits per heavy atom. The van der Waals surface area contributed by atoms with Gasteiger partial charge in [0.2, 0.25) is 0 Å². The molecule has 1 heterocycles. The number of rotatable bonds is 9. The third kappa shape index (κ3) is 6.94. The summed E-state index contributed by atoms with van der Waals surface area (Å²) in [4.78, 5) is 32.7. The van der Waals surface area contributed by atoms with Gasteiger partial charge in [-0.05, 0) is 44.5 Å². The summed E-state index contributed by atoms with van der Waals surface area (Å²) in [6.45, 7) is 5.52. The van der Waals surface area contributed by atoms with Gasteiger partial charge in [-0.15, -0.1) is 0 Å². The van der Waals surface area contributed by atoms with E-state index in [0.717, 1.165) is 17.0 Å². The van der Waals surface area contributed by atoms with E-state index in [2.05, 4.69) is 15.3 Å². The molecule has 2 aromatic rings. The van der Waals surface area contributed by atoms with Gasteiger partial charge in [-0.25, -0.2) is 9.97 Å². The Hall–Kier alpha value is -2.81. The maximum atomic E-state index is 12.2. The number of aromatic nitrogens is 2. The number of benzene rings is 1. The Labute approximate surface area is 174 Å². The molecule has 0 aliphatic rings. The van der Waals surface area contributed by atoms with Gasteiger partial charge in [0.1, 0.15) is 0 Å². The van der Waals surface area contributed by atoms with E-state index in [1.807, 2.05) is 26.0 Å². The second-order valence-corrected chi connectivity index (χ2v) is 7.20. The lowest BCUT2D eigenvalue weighted by atomic mass is 10.2. The van der Waals surface area contributed by atoms with Crippen molar-refractivity contribution in [2.45, 2.75) is 38.6 Å². The molecule has 0 spiro atoms. The van der Waals surface area contributed by atoms with Crippen molar-refractivity contribution in [3.8, 4) is 11.5 Å². The molecule has 2 rings (SSSR count). The zero-order valence-corrected chi connectivity index (χ0v) is 18.0. The molecule has 0 saturated heterocycles. The van der Waals surface area contributed by atoms with Crippen LogP contribution in [0, 0.1) is 13.8 Å². The van der Waals surface area contributed by atoms with Gasteiger partial charge >= 0.3 is 5.97 Å². The van der Waals surface area contributed by atoms with Crippen LogP contribution < -0.4 is 14.8 Å². The lowest BCUT2D eigenvalue weighted by Crippen LogP contribution is -2.35. The summed E-state index contributed by atoms with van der Waals surface area (Å²) in [6, 6.07) is 7.21. The summed E-state index contributed by atoms with van der Waals surface area (Å²) in [6.07, 6.45) is -0.914. The van der Waals surface area contributed by atoms with Crippen molar-refractivity contribution in [1.29, 1.82) is 0 Å². The molecular weight excluding hydrogens is 394 g/mol. The first-order valence-electron chi connectivity index (χ1n) is 8.95. The lowest BCUT2D eigenvalue weighted by Gasteiger charge is -2.14. The topological polar surface area (TPSA) is 99.6 Å². The highest BCUT2D eigenvalue weighted by Crippen LogP contribution is 2.27. The standard InChI is InChI=1S/C20H25N3O5S/c1-12-8-13(2)23-20(22-12)29-11-18(24)28-14(3)19(25)21-10-15-6-7-16(26-4)17(9-15)27-5/h6-9,14H,10-11H2,1-5H3,(H,21,25)/t14-/m0/s1. The molecule has 0 saturated carbocycles. The molecule has 1 amide bonds. The molecule has 156 valence electrons. The molecule has 29 heavy (non-hydrogen) atoms. The summed E-state index contributed by atoms with van der Waals surface area (Å²) in [7, 11) is 3.10. The van der Waals surface area contributed by atoms with E-state index in [9.17, 15) is 9.59 Å². The van der Waals surface area contributed by atoms with Crippen molar-refractivity contribution in [3.63, 3.8) is 0 Å². The first kappa shape index (κ1) is 22.5. The molecule has 8 nitrogen and oxygen atoms in total. The van der Waals surface area contributed by atoms with Crippen molar-refractivity contribution in [2.75, 3.05) is 20.0 Å². The number of carbonyl (C=O) groups excluding carboxylic acids is 2. The predicted octanol–water partition coefficient (Wildman–Crippen LogP) is 2.45. The van der Waals surface area contributed by atoms with Crippen LogP contribution in [0.3, 0.4) is 0 Å². The number of ether oxygens (including phenoxy) is 3. The maximum Gasteiger partial charge on any atom is 0.317 e. The third-order valence-corrected chi connectivity index (χ3v) is 4.69. The third-order valence-electron chi connectivity index (χ3n) is 3.87. The largest absolute Gasteiger partial charge is 0.493 e. The second kappa shape index (κ2) is 10.7. The summed E-state index contributed by atoms with van der Waals surface area (Å²) in [5.74, 6) is 0.308.